The molecule has 2 aromatic rings. The Hall–Kier alpha value is -2.22. The van der Waals surface area contributed by atoms with Crippen molar-refractivity contribution in [3.63, 3.8) is 0 Å². The van der Waals surface area contributed by atoms with Gasteiger partial charge in [-0.2, -0.15) is 4.31 Å². The Morgan fingerprint density at radius 1 is 1.03 bits per heavy atom. The van der Waals surface area contributed by atoms with Crippen LogP contribution in [-0.4, -0.2) is 55.2 Å². The highest BCUT2D eigenvalue weighted by molar-refractivity contribution is 7.89. The minimum Gasteiger partial charge on any atom is -0.351 e. The van der Waals surface area contributed by atoms with E-state index in [2.05, 4.69) is 37.9 Å². The van der Waals surface area contributed by atoms with Gasteiger partial charge in [0.1, 0.15) is 0 Å². The van der Waals surface area contributed by atoms with E-state index in [0.717, 1.165) is 12.1 Å². The Labute approximate surface area is 186 Å². The zero-order valence-corrected chi connectivity index (χ0v) is 19.7. The molecule has 0 saturated carbocycles. The van der Waals surface area contributed by atoms with Crippen LogP contribution in [0.2, 0.25) is 0 Å². The molecule has 0 bridgehead atoms. The number of amides is 1. The zero-order valence-electron chi connectivity index (χ0n) is 18.8. The standard InChI is InChI=1S/C24H33N3O3S/c1-18(2)27(19(3)4)15-13-25-24(28)21-10-7-11-23(16-21)31(29,30)26-14-12-20-8-5-6-9-22(20)17-26/h5-11,16,18-19H,12-15,17H2,1-4H3,(H,25,28). The smallest absolute Gasteiger partial charge is 0.251 e. The molecule has 168 valence electrons. The number of fused-ring (bicyclic) bond motifs is 1. The van der Waals surface area contributed by atoms with Crippen molar-refractivity contribution in [1.82, 2.24) is 14.5 Å². The number of nitrogens with one attached hydrogen (secondary N) is 1. The number of hydrogen-bond acceptors (Lipinski definition) is 4. The van der Waals surface area contributed by atoms with E-state index in [0.29, 0.717) is 43.7 Å². The summed E-state index contributed by atoms with van der Waals surface area (Å²) in [5.74, 6) is -0.256. The summed E-state index contributed by atoms with van der Waals surface area (Å²) in [6.07, 6.45) is 0.692. The van der Waals surface area contributed by atoms with E-state index in [9.17, 15) is 13.2 Å². The molecule has 0 radical (unpaired) electrons. The summed E-state index contributed by atoms with van der Waals surface area (Å²) in [5, 5.41) is 2.92. The molecular weight excluding hydrogens is 410 g/mol. The lowest BCUT2D eigenvalue weighted by molar-refractivity contribution is 0.0939. The van der Waals surface area contributed by atoms with Gasteiger partial charge in [0.05, 0.1) is 4.90 Å². The van der Waals surface area contributed by atoms with Crippen molar-refractivity contribution >= 4 is 15.9 Å². The van der Waals surface area contributed by atoms with Crippen LogP contribution in [0.1, 0.15) is 49.2 Å². The fourth-order valence-electron chi connectivity index (χ4n) is 4.14. The van der Waals surface area contributed by atoms with Crippen molar-refractivity contribution in [2.75, 3.05) is 19.6 Å². The fraction of sp³-hybridized carbons (Fsp3) is 0.458. The van der Waals surface area contributed by atoms with Crippen molar-refractivity contribution in [2.24, 2.45) is 0 Å². The number of nitrogens with zero attached hydrogens (tertiary/aromatic N) is 2. The quantitative estimate of drug-likeness (QED) is 0.680. The lowest BCUT2D eigenvalue weighted by atomic mass is 10.0. The maximum Gasteiger partial charge on any atom is 0.251 e. The minimum absolute atomic E-state index is 0.158. The van der Waals surface area contributed by atoms with Gasteiger partial charge >= 0.3 is 0 Å². The fourth-order valence-corrected chi connectivity index (χ4v) is 5.60. The molecule has 3 rings (SSSR count). The van der Waals surface area contributed by atoms with Gasteiger partial charge in [0.2, 0.25) is 10.0 Å². The third-order valence-electron chi connectivity index (χ3n) is 5.81. The summed E-state index contributed by atoms with van der Waals surface area (Å²) < 4.78 is 27.9. The highest BCUT2D eigenvalue weighted by Gasteiger charge is 2.28. The van der Waals surface area contributed by atoms with Crippen LogP contribution in [0.5, 0.6) is 0 Å². The molecule has 31 heavy (non-hydrogen) atoms. The van der Waals surface area contributed by atoms with E-state index in [1.807, 2.05) is 24.3 Å². The summed E-state index contributed by atoms with van der Waals surface area (Å²) in [5.41, 5.74) is 2.59. The number of carbonyl (C=O) groups excluding carboxylic acids is 1. The van der Waals surface area contributed by atoms with Crippen LogP contribution in [0.15, 0.2) is 53.4 Å². The molecule has 0 fully saturated rings. The first kappa shape index (κ1) is 23.4. The molecule has 1 N–H and O–H groups in total. The van der Waals surface area contributed by atoms with Crippen LogP contribution in [-0.2, 0) is 23.0 Å². The molecule has 0 unspecified atom stereocenters. The first-order valence-electron chi connectivity index (χ1n) is 10.9. The third kappa shape index (κ3) is 5.53. The Morgan fingerprint density at radius 2 is 1.71 bits per heavy atom. The molecule has 1 amide bonds. The van der Waals surface area contributed by atoms with Crippen LogP contribution < -0.4 is 5.32 Å². The molecule has 7 heteroatoms. The van der Waals surface area contributed by atoms with E-state index >= 15 is 0 Å². The van der Waals surface area contributed by atoms with Gasteiger partial charge in [0.25, 0.3) is 5.91 Å². The van der Waals surface area contributed by atoms with E-state index in [-0.39, 0.29) is 10.8 Å². The number of benzene rings is 2. The number of carbonyl (C=O) groups is 1. The second-order valence-corrected chi connectivity index (χ2v) is 10.5. The van der Waals surface area contributed by atoms with Crippen molar-refractivity contribution in [1.29, 1.82) is 0 Å². The number of sulfonamides is 1. The SMILES string of the molecule is CC(C)N(CCNC(=O)c1cccc(S(=O)(=O)N2CCc3ccccc3C2)c1)C(C)C. The summed E-state index contributed by atoms with van der Waals surface area (Å²) in [4.78, 5) is 15.1. The Bertz CT molecular complexity index is 1010. The Kier molecular flexibility index (Phi) is 7.51. The molecule has 0 atom stereocenters. The largest absolute Gasteiger partial charge is 0.351 e. The summed E-state index contributed by atoms with van der Waals surface area (Å²) >= 11 is 0. The second-order valence-electron chi connectivity index (χ2n) is 8.57. The van der Waals surface area contributed by atoms with Gasteiger partial charge in [-0.25, -0.2) is 8.42 Å². The molecule has 2 aromatic carbocycles. The molecule has 0 aromatic heterocycles. The van der Waals surface area contributed by atoms with E-state index < -0.39 is 10.0 Å². The molecular formula is C24H33N3O3S. The van der Waals surface area contributed by atoms with Crippen molar-refractivity contribution in [2.45, 2.75) is 57.6 Å². The second kappa shape index (κ2) is 9.94. The highest BCUT2D eigenvalue weighted by atomic mass is 32.2. The van der Waals surface area contributed by atoms with E-state index in [4.69, 9.17) is 0 Å². The summed E-state index contributed by atoms with van der Waals surface area (Å²) in [6.45, 7) is 10.6. The maximum absolute atomic E-state index is 13.2. The van der Waals surface area contributed by atoms with Crippen LogP contribution >= 0.6 is 0 Å². The lowest BCUT2D eigenvalue weighted by Crippen LogP contribution is -2.42. The topological polar surface area (TPSA) is 69.7 Å². The predicted octanol–water partition coefficient (Wildman–Crippen LogP) is 3.28. The Balaban J connectivity index is 1.69. The molecule has 1 heterocycles. The van der Waals surface area contributed by atoms with Crippen molar-refractivity contribution in [3.8, 4) is 0 Å². The van der Waals surface area contributed by atoms with Crippen LogP contribution in [0.4, 0.5) is 0 Å². The average molecular weight is 444 g/mol. The van der Waals surface area contributed by atoms with Crippen LogP contribution in [0.25, 0.3) is 0 Å². The Morgan fingerprint density at radius 3 is 2.39 bits per heavy atom. The normalized spacial score (nSPS) is 14.8. The van der Waals surface area contributed by atoms with E-state index in [1.165, 1.54) is 15.9 Å². The average Bonchev–Trinajstić information content (AvgIpc) is 2.75. The van der Waals surface area contributed by atoms with Crippen LogP contribution in [0, 0.1) is 0 Å². The van der Waals surface area contributed by atoms with Crippen molar-refractivity contribution < 1.29 is 13.2 Å². The molecule has 0 saturated heterocycles. The minimum atomic E-state index is -3.67. The van der Waals surface area contributed by atoms with Gasteiger partial charge in [-0.05, 0) is 63.4 Å². The number of rotatable bonds is 8. The first-order valence-corrected chi connectivity index (χ1v) is 12.3. The van der Waals surface area contributed by atoms with Gasteiger partial charge in [-0.3, -0.25) is 9.69 Å². The summed E-state index contributed by atoms with van der Waals surface area (Å²) in [6, 6.07) is 15.0. The van der Waals surface area contributed by atoms with Gasteiger partial charge < -0.3 is 5.32 Å². The van der Waals surface area contributed by atoms with Gasteiger partial charge in [0, 0.05) is 43.8 Å². The molecule has 0 spiro atoms. The lowest BCUT2D eigenvalue weighted by Gasteiger charge is -2.30. The molecule has 1 aliphatic rings. The molecule has 0 aliphatic carbocycles. The summed E-state index contributed by atoms with van der Waals surface area (Å²) in [7, 11) is -3.67. The van der Waals surface area contributed by atoms with Gasteiger partial charge in [-0.1, -0.05) is 30.3 Å². The van der Waals surface area contributed by atoms with Crippen LogP contribution in [0.3, 0.4) is 0 Å². The van der Waals surface area contributed by atoms with Gasteiger partial charge in [-0.15, -0.1) is 0 Å². The third-order valence-corrected chi connectivity index (χ3v) is 7.65. The van der Waals surface area contributed by atoms with Crippen molar-refractivity contribution in [3.05, 3.63) is 65.2 Å². The first-order chi connectivity index (χ1) is 14.7. The monoisotopic (exact) mass is 443 g/mol. The highest BCUT2D eigenvalue weighted by Crippen LogP contribution is 2.25. The van der Waals surface area contributed by atoms with Gasteiger partial charge in [0.15, 0.2) is 0 Å². The molecule has 6 nitrogen and oxygen atoms in total. The molecule has 1 aliphatic heterocycles. The predicted molar refractivity (Wildman–Crippen MR) is 123 cm³/mol. The van der Waals surface area contributed by atoms with E-state index in [1.54, 1.807) is 18.2 Å². The zero-order chi connectivity index (χ0) is 22.6. The number of hydrogen-bond donors (Lipinski definition) is 1. The maximum atomic E-state index is 13.2.